The molecule has 0 radical (unpaired) electrons. The molecule has 1 rings (SSSR count). The first-order chi connectivity index (χ1) is 9.15. The minimum absolute atomic E-state index is 0. The van der Waals surface area contributed by atoms with Gasteiger partial charge >= 0.3 is 35.5 Å². The summed E-state index contributed by atoms with van der Waals surface area (Å²) in [6.45, 7) is 5.15. The van der Waals surface area contributed by atoms with E-state index in [1.165, 1.54) is 18.2 Å². The first kappa shape index (κ1) is 19.4. The van der Waals surface area contributed by atoms with Crippen LogP contribution in [0, 0.1) is 0 Å². The number of carbonyl (C=O) groups excluding carboxylic acids is 2. The molecule has 0 unspecified atom stereocenters. The first-order valence-electron chi connectivity index (χ1n) is 5.72. The number of oxime groups is 1. The van der Waals surface area contributed by atoms with Crippen molar-refractivity contribution in [3.05, 3.63) is 29.3 Å². The molecule has 0 saturated carbocycles. The van der Waals surface area contributed by atoms with Gasteiger partial charge in [0.1, 0.15) is 11.3 Å². The van der Waals surface area contributed by atoms with Crippen LogP contribution in [0.15, 0.2) is 23.4 Å². The number of nitrogens with zero attached hydrogens (tertiary/aromatic N) is 1. The van der Waals surface area contributed by atoms with Gasteiger partial charge < -0.3 is 25.6 Å². The topological polar surface area (TPSA) is 125 Å². The second-order valence-electron chi connectivity index (χ2n) is 5.04. The van der Waals surface area contributed by atoms with Crippen molar-refractivity contribution in [3.63, 3.8) is 0 Å². The maximum absolute atomic E-state index is 11.8. The Bertz CT molecular complexity index is 578. The third-order valence-electron chi connectivity index (χ3n) is 2.23. The minimum atomic E-state index is -1.68. The number of hydrogen-bond donors (Lipinski definition) is 2. The molecule has 0 aromatic heterocycles. The van der Waals surface area contributed by atoms with Crippen LogP contribution in [0.2, 0.25) is 0 Å². The Morgan fingerprint density at radius 2 is 1.90 bits per heavy atom. The Morgan fingerprint density at radius 1 is 1.33 bits per heavy atom. The summed E-state index contributed by atoms with van der Waals surface area (Å²) in [4.78, 5) is 22.6. The Labute approximate surface area is 144 Å². The monoisotopic (exact) mass is 302 g/mol. The Hall–Kier alpha value is -1.57. The van der Waals surface area contributed by atoms with Gasteiger partial charge in [-0.1, -0.05) is 5.16 Å². The SMILES string of the molecule is CC(C)(C)OC(=O)c1ccc(C(=NO)C(=O)[O-])c(N)c1.[Na+]. The van der Waals surface area contributed by atoms with E-state index >= 15 is 0 Å². The molecule has 0 aliphatic carbocycles. The molecule has 7 nitrogen and oxygen atoms in total. The van der Waals surface area contributed by atoms with Gasteiger partial charge in [0.25, 0.3) is 0 Å². The number of anilines is 1. The third kappa shape index (κ3) is 5.37. The van der Waals surface area contributed by atoms with Crippen LogP contribution in [0.25, 0.3) is 0 Å². The van der Waals surface area contributed by atoms with Crippen molar-refractivity contribution in [1.82, 2.24) is 0 Å². The van der Waals surface area contributed by atoms with Gasteiger partial charge in [-0.15, -0.1) is 0 Å². The Morgan fingerprint density at radius 3 is 2.29 bits per heavy atom. The predicted octanol–water partition coefficient (Wildman–Crippen LogP) is -2.84. The second-order valence-corrected chi connectivity index (χ2v) is 5.04. The Kier molecular flexibility index (Phi) is 6.89. The summed E-state index contributed by atoms with van der Waals surface area (Å²) < 4.78 is 5.15. The van der Waals surface area contributed by atoms with Gasteiger partial charge in [-0.05, 0) is 39.0 Å². The molecule has 0 bridgehead atoms. The number of hydrogen-bond acceptors (Lipinski definition) is 7. The van der Waals surface area contributed by atoms with Crippen molar-refractivity contribution in [3.8, 4) is 0 Å². The molecule has 108 valence electrons. The normalized spacial score (nSPS) is 11.5. The molecule has 0 atom stereocenters. The molecule has 0 heterocycles. The fourth-order valence-corrected chi connectivity index (χ4v) is 1.45. The number of carboxylic acids is 1. The summed E-state index contributed by atoms with van der Waals surface area (Å²) in [5.41, 5.74) is 4.36. The molecular formula is C13H15N2NaO5. The van der Waals surface area contributed by atoms with Crippen molar-refractivity contribution >= 4 is 23.3 Å². The zero-order chi connectivity index (χ0) is 15.5. The quantitative estimate of drug-likeness (QED) is 0.155. The zero-order valence-corrected chi connectivity index (χ0v) is 14.3. The van der Waals surface area contributed by atoms with Crippen LogP contribution in [0.4, 0.5) is 5.69 Å². The van der Waals surface area contributed by atoms with E-state index in [-0.39, 0.29) is 46.4 Å². The molecule has 0 aliphatic rings. The minimum Gasteiger partial charge on any atom is -0.543 e. The van der Waals surface area contributed by atoms with E-state index in [1.807, 2.05) is 0 Å². The summed E-state index contributed by atoms with van der Waals surface area (Å²) >= 11 is 0. The predicted molar refractivity (Wildman–Crippen MR) is 69.4 cm³/mol. The van der Waals surface area contributed by atoms with E-state index in [9.17, 15) is 14.7 Å². The molecule has 0 aliphatic heterocycles. The molecule has 8 heteroatoms. The molecule has 3 N–H and O–H groups in total. The standard InChI is InChI=1S/C13H16N2O5.Na/c1-13(2,3)20-12(18)7-4-5-8(9(14)6-7)10(15-19)11(16)17;/h4-6,19H,14H2,1-3H3,(H,16,17);/q;+1/p-1. The number of carboxylic acid groups (broad SMARTS) is 1. The van der Waals surface area contributed by atoms with E-state index in [0.717, 1.165) is 0 Å². The van der Waals surface area contributed by atoms with Gasteiger partial charge in [-0.3, -0.25) is 0 Å². The molecule has 0 spiro atoms. The third-order valence-corrected chi connectivity index (χ3v) is 2.23. The van der Waals surface area contributed by atoms with Gasteiger partial charge in [0, 0.05) is 11.3 Å². The Balaban J connectivity index is 0.00000400. The number of aliphatic carboxylic acids is 1. The second kappa shape index (κ2) is 7.44. The van der Waals surface area contributed by atoms with Crippen LogP contribution in [-0.4, -0.2) is 28.5 Å². The molecule has 0 amide bonds. The van der Waals surface area contributed by atoms with E-state index in [2.05, 4.69) is 5.16 Å². The fraction of sp³-hybridized carbons (Fsp3) is 0.308. The molecule has 1 aromatic carbocycles. The number of carbonyl (C=O) groups is 2. The van der Waals surface area contributed by atoms with E-state index in [0.29, 0.717) is 0 Å². The summed E-state index contributed by atoms with van der Waals surface area (Å²) in [7, 11) is 0. The van der Waals surface area contributed by atoms with Crippen LogP contribution >= 0.6 is 0 Å². The van der Waals surface area contributed by atoms with Crippen LogP contribution in [-0.2, 0) is 9.53 Å². The van der Waals surface area contributed by atoms with Crippen molar-refractivity contribution < 1.29 is 54.2 Å². The van der Waals surface area contributed by atoms with E-state index in [1.54, 1.807) is 20.8 Å². The van der Waals surface area contributed by atoms with Gasteiger partial charge in [0.15, 0.2) is 0 Å². The molecule has 0 fully saturated rings. The number of ether oxygens (including phenoxy) is 1. The van der Waals surface area contributed by atoms with Crippen molar-refractivity contribution in [2.45, 2.75) is 26.4 Å². The van der Waals surface area contributed by atoms with Gasteiger partial charge in [-0.2, -0.15) is 0 Å². The number of nitrogens with two attached hydrogens (primary N) is 1. The summed E-state index contributed by atoms with van der Waals surface area (Å²) in [6.07, 6.45) is 0. The molecule has 21 heavy (non-hydrogen) atoms. The molecule has 0 saturated heterocycles. The van der Waals surface area contributed by atoms with Gasteiger partial charge in [-0.25, -0.2) is 4.79 Å². The maximum Gasteiger partial charge on any atom is 1.00 e. The molecule has 1 aromatic rings. The van der Waals surface area contributed by atoms with Crippen LogP contribution in [0.1, 0.15) is 36.7 Å². The van der Waals surface area contributed by atoms with Crippen molar-refractivity contribution in [2.24, 2.45) is 5.16 Å². The van der Waals surface area contributed by atoms with Gasteiger partial charge in [0.2, 0.25) is 0 Å². The summed E-state index contributed by atoms with van der Waals surface area (Å²) in [6, 6.07) is 3.82. The number of esters is 1. The van der Waals surface area contributed by atoms with Crippen LogP contribution in [0.5, 0.6) is 0 Å². The first-order valence-corrected chi connectivity index (χ1v) is 5.72. The van der Waals surface area contributed by atoms with E-state index < -0.39 is 23.3 Å². The average molecular weight is 302 g/mol. The summed E-state index contributed by atoms with van der Waals surface area (Å²) in [5.74, 6) is -2.27. The zero-order valence-electron chi connectivity index (χ0n) is 12.3. The van der Waals surface area contributed by atoms with Crippen molar-refractivity contribution in [1.29, 1.82) is 0 Å². The maximum atomic E-state index is 11.8. The smallest absolute Gasteiger partial charge is 0.543 e. The number of nitrogen functional groups attached to an aromatic ring is 1. The van der Waals surface area contributed by atoms with Crippen LogP contribution in [0.3, 0.4) is 0 Å². The van der Waals surface area contributed by atoms with Crippen molar-refractivity contribution in [2.75, 3.05) is 5.73 Å². The fourth-order valence-electron chi connectivity index (χ4n) is 1.45. The largest absolute Gasteiger partial charge is 1.00 e. The van der Waals surface area contributed by atoms with Gasteiger partial charge in [0.05, 0.1) is 11.5 Å². The number of benzene rings is 1. The average Bonchev–Trinajstić information content (AvgIpc) is 2.29. The molecular weight excluding hydrogens is 287 g/mol. The number of rotatable bonds is 3. The summed E-state index contributed by atoms with van der Waals surface area (Å²) in [5, 5.41) is 22.0. The van der Waals surface area contributed by atoms with E-state index in [4.69, 9.17) is 15.7 Å². The van der Waals surface area contributed by atoms with Crippen LogP contribution < -0.4 is 40.4 Å².